The van der Waals surface area contributed by atoms with Crippen molar-refractivity contribution in [3.8, 4) is 0 Å². The summed E-state index contributed by atoms with van der Waals surface area (Å²) in [6.07, 6.45) is 57.1. The largest absolute Gasteiger partial charge is 0.391 e. The summed E-state index contributed by atoms with van der Waals surface area (Å²) in [5.74, 6) is 0.811. The second kappa shape index (κ2) is 48.9. The van der Waals surface area contributed by atoms with Crippen molar-refractivity contribution in [1.29, 1.82) is 0 Å². The average Bonchev–Trinajstić information content (AvgIpc) is 3.31. The molecule has 2 atom stereocenters. The van der Waals surface area contributed by atoms with Gasteiger partial charge in [0.25, 0.3) is 0 Å². The summed E-state index contributed by atoms with van der Waals surface area (Å²) in [5.41, 5.74) is 0. The van der Waals surface area contributed by atoms with Crippen LogP contribution in [0.25, 0.3) is 0 Å². The van der Waals surface area contributed by atoms with E-state index in [4.69, 9.17) is 0 Å². The Bertz CT molecular complexity index is 913. The monoisotopic (exact) mass is 930 g/mol. The molecule has 2 amide bonds. The highest BCUT2D eigenvalue weighted by Crippen LogP contribution is 2.27. The Kier molecular flexibility index (Phi) is 46.6. The minimum Gasteiger partial charge on any atom is -0.391 e. The average molecular weight is 931 g/mol. The Morgan fingerprint density at radius 2 is 0.545 bits per heavy atom. The zero-order chi connectivity index (χ0) is 47.8. The third kappa shape index (κ3) is 37.7. The summed E-state index contributed by atoms with van der Waals surface area (Å²) in [6, 6.07) is 0.349. The maximum atomic E-state index is 13.4. The predicted molar refractivity (Wildman–Crippen MR) is 290 cm³/mol. The molecule has 0 aliphatic heterocycles. The van der Waals surface area contributed by atoms with Gasteiger partial charge in [0.2, 0.25) is 11.8 Å². The molecule has 6 nitrogen and oxygen atoms in total. The van der Waals surface area contributed by atoms with Crippen LogP contribution in [0.2, 0.25) is 0 Å². The Balaban J connectivity index is 2.37. The van der Waals surface area contributed by atoms with E-state index < -0.39 is 0 Å². The topological polar surface area (TPSA) is 64.1 Å². The smallest absolute Gasteiger partial charge is 0.222 e. The van der Waals surface area contributed by atoms with Crippen LogP contribution in [0.1, 0.15) is 323 Å². The maximum absolute atomic E-state index is 13.4. The Labute approximate surface area is 414 Å². The van der Waals surface area contributed by atoms with Crippen molar-refractivity contribution >= 4 is 11.8 Å². The number of nitrogens with zero attached hydrogens (tertiary/aromatic N) is 3. The molecule has 0 aromatic rings. The minimum atomic E-state index is -0.152. The number of unbranched alkanes of at least 4 members (excludes halogenated alkanes) is 36. The molecular formula is C60H119N3O3. The first kappa shape index (κ1) is 62.9. The van der Waals surface area contributed by atoms with Gasteiger partial charge in [-0.05, 0) is 77.3 Å². The van der Waals surface area contributed by atoms with Crippen LogP contribution >= 0.6 is 0 Å². The van der Waals surface area contributed by atoms with E-state index in [2.05, 4.69) is 42.4 Å². The van der Waals surface area contributed by atoms with Crippen molar-refractivity contribution in [2.24, 2.45) is 0 Å². The maximum Gasteiger partial charge on any atom is 0.222 e. The molecule has 1 aliphatic rings. The molecule has 0 radical (unpaired) electrons. The highest BCUT2D eigenvalue weighted by Gasteiger charge is 2.33. The summed E-state index contributed by atoms with van der Waals surface area (Å²) < 4.78 is 0. The van der Waals surface area contributed by atoms with Crippen LogP contribution < -0.4 is 0 Å². The lowest BCUT2D eigenvalue weighted by Gasteiger charge is -2.42. The van der Waals surface area contributed by atoms with Crippen LogP contribution in [0.3, 0.4) is 0 Å². The van der Waals surface area contributed by atoms with E-state index in [0.29, 0.717) is 17.9 Å². The lowest BCUT2D eigenvalue weighted by Crippen LogP contribution is -2.51. The van der Waals surface area contributed by atoms with Gasteiger partial charge in [0.1, 0.15) is 0 Å². The first-order valence-corrected chi connectivity index (χ1v) is 30.5. The highest BCUT2D eigenvalue weighted by atomic mass is 16.3. The van der Waals surface area contributed by atoms with Gasteiger partial charge in [-0.1, -0.05) is 246 Å². The number of aliphatic hydroxyl groups excluding tert-OH is 1. The number of carbonyl (C=O) groups excluding carboxylic acids is 2. The van der Waals surface area contributed by atoms with Crippen LogP contribution in [-0.2, 0) is 9.59 Å². The minimum absolute atomic E-state index is 0.152. The molecule has 0 unspecified atom stereocenters. The van der Waals surface area contributed by atoms with Crippen molar-refractivity contribution < 1.29 is 14.7 Å². The van der Waals surface area contributed by atoms with Crippen molar-refractivity contribution in [3.05, 3.63) is 0 Å². The van der Waals surface area contributed by atoms with E-state index in [0.717, 1.165) is 90.6 Å². The van der Waals surface area contributed by atoms with E-state index in [1.807, 2.05) is 0 Å². The van der Waals surface area contributed by atoms with E-state index in [9.17, 15) is 14.7 Å². The molecule has 0 aromatic heterocycles. The molecule has 66 heavy (non-hydrogen) atoms. The Morgan fingerprint density at radius 3 is 0.773 bits per heavy atom. The lowest BCUT2D eigenvalue weighted by atomic mass is 9.87. The summed E-state index contributed by atoms with van der Waals surface area (Å²) in [6.45, 7) is 15.2. The van der Waals surface area contributed by atoms with Crippen LogP contribution in [0.5, 0.6) is 0 Å². The molecule has 6 heteroatoms. The molecule has 0 spiro atoms. The second-order valence-electron chi connectivity index (χ2n) is 21.4. The molecule has 0 aromatic carbocycles. The number of aliphatic hydroxyl groups is 1. The van der Waals surface area contributed by atoms with Gasteiger partial charge < -0.3 is 14.9 Å². The zero-order valence-corrected chi connectivity index (χ0v) is 45.5. The van der Waals surface area contributed by atoms with Gasteiger partial charge in [0.05, 0.1) is 6.10 Å². The fraction of sp³-hybridized carbons (Fsp3) is 0.967. The summed E-state index contributed by atoms with van der Waals surface area (Å²) in [4.78, 5) is 33.9. The molecule has 1 fully saturated rings. The van der Waals surface area contributed by atoms with Gasteiger partial charge in [-0.15, -0.1) is 0 Å². The number of hydrogen-bond acceptors (Lipinski definition) is 4. The zero-order valence-electron chi connectivity index (χ0n) is 45.5. The molecule has 0 bridgehead atoms. The SMILES string of the molecule is CCCCCCCCCCN(CCCCCCCCCC)C(=O)CCCCCCCN(CCCCCCCC(=O)N(CCCCCCCCCC)CCCCCCCCCC)[C@H]1CC[C@@H]1O. The van der Waals surface area contributed by atoms with Crippen LogP contribution in [0.15, 0.2) is 0 Å². The Morgan fingerprint density at radius 1 is 0.318 bits per heavy atom. The molecule has 0 heterocycles. The van der Waals surface area contributed by atoms with Crippen molar-refractivity contribution in [2.75, 3.05) is 39.3 Å². The molecule has 1 N–H and O–H groups in total. The second-order valence-corrected chi connectivity index (χ2v) is 21.4. The van der Waals surface area contributed by atoms with Gasteiger partial charge >= 0.3 is 0 Å². The standard InChI is InChI=1S/C60H119N3O3/c1-5-9-13-17-21-25-33-43-53-62(54-44-34-26-22-18-14-10-6-2)59(65)47-39-31-29-37-41-51-61(57-49-50-58(57)64)52-42-38-30-32-40-48-60(66)63(55-45-35-27-23-19-15-11-7-3)56-46-36-28-24-20-16-12-8-4/h57-58,64H,5-56H2,1-4H3/t57-,58-/m0/s1. The fourth-order valence-electron chi connectivity index (χ4n) is 10.4. The van der Waals surface area contributed by atoms with Gasteiger partial charge in [-0.3, -0.25) is 14.5 Å². The molecule has 1 saturated carbocycles. The van der Waals surface area contributed by atoms with E-state index >= 15 is 0 Å². The number of carbonyl (C=O) groups is 2. The van der Waals surface area contributed by atoms with E-state index in [-0.39, 0.29) is 6.10 Å². The summed E-state index contributed by atoms with van der Waals surface area (Å²) >= 11 is 0. The van der Waals surface area contributed by atoms with Crippen LogP contribution in [0.4, 0.5) is 0 Å². The molecule has 1 rings (SSSR count). The Hall–Kier alpha value is -1.14. The normalized spacial score (nSPS) is 14.9. The van der Waals surface area contributed by atoms with E-state index in [1.54, 1.807) is 0 Å². The summed E-state index contributed by atoms with van der Waals surface area (Å²) in [7, 11) is 0. The lowest BCUT2D eigenvalue weighted by molar-refractivity contribution is -0.132. The van der Waals surface area contributed by atoms with Crippen LogP contribution in [-0.4, -0.2) is 83.0 Å². The van der Waals surface area contributed by atoms with Gasteiger partial charge in [-0.25, -0.2) is 0 Å². The van der Waals surface area contributed by atoms with E-state index in [1.165, 1.54) is 244 Å². The van der Waals surface area contributed by atoms with Gasteiger partial charge in [-0.2, -0.15) is 0 Å². The molecule has 0 saturated heterocycles. The van der Waals surface area contributed by atoms with Gasteiger partial charge in [0.15, 0.2) is 0 Å². The fourth-order valence-corrected chi connectivity index (χ4v) is 10.4. The van der Waals surface area contributed by atoms with Crippen molar-refractivity contribution in [2.45, 2.75) is 335 Å². The third-order valence-corrected chi connectivity index (χ3v) is 15.2. The summed E-state index contributed by atoms with van der Waals surface area (Å²) in [5, 5.41) is 10.6. The quantitative estimate of drug-likeness (QED) is 0.0617. The van der Waals surface area contributed by atoms with Crippen molar-refractivity contribution in [1.82, 2.24) is 14.7 Å². The van der Waals surface area contributed by atoms with Gasteiger partial charge in [0, 0.05) is 45.1 Å². The molecular weight excluding hydrogens is 811 g/mol. The first-order chi connectivity index (χ1) is 32.5. The number of amides is 2. The van der Waals surface area contributed by atoms with Crippen LogP contribution in [0, 0.1) is 0 Å². The molecule has 1 aliphatic carbocycles. The predicted octanol–water partition coefficient (Wildman–Crippen LogP) is 17.7. The number of rotatable bonds is 53. The molecule has 392 valence electrons. The highest BCUT2D eigenvalue weighted by molar-refractivity contribution is 5.76. The van der Waals surface area contributed by atoms with Crippen molar-refractivity contribution in [3.63, 3.8) is 0 Å². The third-order valence-electron chi connectivity index (χ3n) is 15.2. The first-order valence-electron chi connectivity index (χ1n) is 30.5. The number of hydrogen-bond donors (Lipinski definition) is 1.